The molecule has 2 heterocycles. The molecule has 0 bridgehead atoms. The van der Waals surface area contributed by atoms with Crippen molar-refractivity contribution in [2.24, 2.45) is 0 Å². The van der Waals surface area contributed by atoms with E-state index in [1.165, 1.54) is 19.3 Å². The van der Waals surface area contributed by atoms with Gasteiger partial charge in [-0.3, -0.25) is 9.36 Å². The first-order valence-electron chi connectivity index (χ1n) is 10.1. The van der Waals surface area contributed by atoms with Crippen molar-refractivity contribution in [3.8, 4) is 5.69 Å². The lowest BCUT2D eigenvalue weighted by Gasteiger charge is -2.36. The molecule has 1 aliphatic carbocycles. The monoisotopic (exact) mass is 381 g/mol. The summed E-state index contributed by atoms with van der Waals surface area (Å²) in [6.07, 6.45) is 9.09. The highest BCUT2D eigenvalue weighted by atomic mass is 16.2. The van der Waals surface area contributed by atoms with E-state index in [2.05, 4.69) is 10.3 Å². The van der Waals surface area contributed by atoms with Crippen molar-refractivity contribution in [2.45, 2.75) is 38.1 Å². The van der Waals surface area contributed by atoms with Gasteiger partial charge < -0.3 is 15.1 Å². The van der Waals surface area contributed by atoms with E-state index in [-0.39, 0.29) is 11.9 Å². The van der Waals surface area contributed by atoms with Gasteiger partial charge in [0.15, 0.2) is 0 Å². The van der Waals surface area contributed by atoms with Crippen LogP contribution in [-0.2, 0) is 0 Å². The zero-order valence-corrected chi connectivity index (χ0v) is 16.1. The van der Waals surface area contributed by atoms with Crippen LogP contribution in [0.5, 0.6) is 0 Å². The first kappa shape index (κ1) is 18.5. The Morgan fingerprint density at radius 3 is 2.32 bits per heavy atom. The second kappa shape index (κ2) is 8.46. The Bertz CT molecular complexity index is 805. The van der Waals surface area contributed by atoms with Gasteiger partial charge in [-0.05, 0) is 25.0 Å². The SMILES string of the molecule is O=C(NC1CCCCC1)N1CCN(C(=O)c2cncn2-c2ccccc2)CC1. The molecule has 1 saturated heterocycles. The number of urea groups is 1. The Morgan fingerprint density at radius 1 is 0.929 bits per heavy atom. The molecule has 0 unspecified atom stereocenters. The fourth-order valence-electron chi connectivity index (χ4n) is 4.04. The normalized spacial score (nSPS) is 18.1. The summed E-state index contributed by atoms with van der Waals surface area (Å²) in [5, 5.41) is 3.16. The highest BCUT2D eigenvalue weighted by molar-refractivity contribution is 5.93. The lowest BCUT2D eigenvalue weighted by molar-refractivity contribution is 0.0654. The third kappa shape index (κ3) is 4.03. The molecule has 28 heavy (non-hydrogen) atoms. The number of rotatable bonds is 3. The second-order valence-corrected chi connectivity index (χ2v) is 7.55. The molecule has 7 nitrogen and oxygen atoms in total. The molecule has 148 valence electrons. The third-order valence-electron chi connectivity index (χ3n) is 5.68. The first-order valence-corrected chi connectivity index (χ1v) is 10.1. The number of nitrogens with one attached hydrogen (secondary N) is 1. The molecule has 1 N–H and O–H groups in total. The van der Waals surface area contributed by atoms with E-state index in [4.69, 9.17) is 0 Å². The van der Waals surface area contributed by atoms with Gasteiger partial charge in [0.05, 0.1) is 12.5 Å². The van der Waals surface area contributed by atoms with Crippen LogP contribution in [0.2, 0.25) is 0 Å². The van der Waals surface area contributed by atoms with E-state index < -0.39 is 0 Å². The summed E-state index contributed by atoms with van der Waals surface area (Å²) in [6, 6.07) is 10.0. The molecular formula is C21H27N5O2. The summed E-state index contributed by atoms with van der Waals surface area (Å²) in [5.41, 5.74) is 1.46. The Kier molecular flexibility index (Phi) is 5.60. The van der Waals surface area contributed by atoms with Crippen LogP contribution >= 0.6 is 0 Å². The molecule has 3 amide bonds. The Hall–Kier alpha value is -2.83. The van der Waals surface area contributed by atoms with Gasteiger partial charge in [0.2, 0.25) is 0 Å². The van der Waals surface area contributed by atoms with Gasteiger partial charge in [-0.25, -0.2) is 9.78 Å². The van der Waals surface area contributed by atoms with Crippen LogP contribution in [0.1, 0.15) is 42.6 Å². The van der Waals surface area contributed by atoms with E-state index >= 15 is 0 Å². The molecule has 1 aliphatic heterocycles. The highest BCUT2D eigenvalue weighted by Gasteiger charge is 2.28. The van der Waals surface area contributed by atoms with Crippen LogP contribution in [0.25, 0.3) is 5.69 Å². The minimum absolute atomic E-state index is 0.00771. The number of carbonyl (C=O) groups excluding carboxylic acids is 2. The van der Waals surface area contributed by atoms with E-state index in [1.807, 2.05) is 39.8 Å². The summed E-state index contributed by atoms with van der Waals surface area (Å²) in [4.78, 5) is 33.3. The number of hydrogen-bond acceptors (Lipinski definition) is 3. The fourth-order valence-corrected chi connectivity index (χ4v) is 4.04. The number of carbonyl (C=O) groups is 2. The van der Waals surface area contributed by atoms with E-state index in [0.717, 1.165) is 18.5 Å². The molecular weight excluding hydrogens is 354 g/mol. The van der Waals surface area contributed by atoms with Crippen LogP contribution in [0.3, 0.4) is 0 Å². The highest BCUT2D eigenvalue weighted by Crippen LogP contribution is 2.18. The number of benzene rings is 1. The van der Waals surface area contributed by atoms with Gasteiger partial charge in [-0.1, -0.05) is 37.5 Å². The van der Waals surface area contributed by atoms with Crippen LogP contribution in [-0.4, -0.2) is 63.5 Å². The van der Waals surface area contributed by atoms with Crippen molar-refractivity contribution in [1.82, 2.24) is 24.7 Å². The Balaban J connectivity index is 1.35. The van der Waals surface area contributed by atoms with Gasteiger partial charge in [0.25, 0.3) is 5.91 Å². The number of imidazole rings is 1. The van der Waals surface area contributed by atoms with Crippen LogP contribution < -0.4 is 5.32 Å². The van der Waals surface area contributed by atoms with Crippen LogP contribution in [0.4, 0.5) is 4.79 Å². The molecule has 2 aliphatic rings. The number of para-hydroxylation sites is 1. The second-order valence-electron chi connectivity index (χ2n) is 7.55. The number of nitrogens with zero attached hydrogens (tertiary/aromatic N) is 4. The predicted molar refractivity (Wildman–Crippen MR) is 106 cm³/mol. The summed E-state index contributed by atoms with van der Waals surface area (Å²) in [6.45, 7) is 2.20. The Morgan fingerprint density at radius 2 is 1.61 bits per heavy atom. The minimum Gasteiger partial charge on any atom is -0.335 e. The van der Waals surface area contributed by atoms with E-state index in [9.17, 15) is 9.59 Å². The minimum atomic E-state index is -0.0475. The lowest BCUT2D eigenvalue weighted by atomic mass is 9.96. The van der Waals surface area contributed by atoms with Gasteiger partial charge in [0.1, 0.15) is 5.69 Å². The lowest BCUT2D eigenvalue weighted by Crippen LogP contribution is -2.54. The molecule has 1 saturated carbocycles. The summed E-state index contributed by atoms with van der Waals surface area (Å²) < 4.78 is 1.81. The number of hydrogen-bond donors (Lipinski definition) is 1. The fraction of sp³-hybridized carbons (Fsp3) is 0.476. The molecule has 0 spiro atoms. The summed E-state index contributed by atoms with van der Waals surface area (Å²) in [5.74, 6) is -0.0475. The van der Waals surface area contributed by atoms with E-state index in [0.29, 0.717) is 37.9 Å². The van der Waals surface area contributed by atoms with Gasteiger partial charge >= 0.3 is 6.03 Å². The van der Waals surface area contributed by atoms with E-state index in [1.54, 1.807) is 17.4 Å². The number of piperazine rings is 1. The maximum Gasteiger partial charge on any atom is 0.317 e. The molecule has 7 heteroatoms. The molecule has 1 aromatic carbocycles. The molecule has 0 radical (unpaired) electrons. The molecule has 1 aromatic heterocycles. The summed E-state index contributed by atoms with van der Waals surface area (Å²) >= 11 is 0. The molecule has 4 rings (SSSR count). The average Bonchev–Trinajstić information content (AvgIpc) is 3.24. The molecule has 0 atom stereocenters. The topological polar surface area (TPSA) is 70.5 Å². The average molecular weight is 381 g/mol. The zero-order chi connectivity index (χ0) is 19.3. The largest absolute Gasteiger partial charge is 0.335 e. The third-order valence-corrected chi connectivity index (χ3v) is 5.68. The standard InChI is InChI=1S/C21H27N5O2/c27-20(19-15-22-16-26(19)18-9-5-2-6-10-18)24-11-13-25(14-12-24)21(28)23-17-7-3-1-4-8-17/h2,5-6,9-10,15-17H,1,3-4,7-8,11-14H2,(H,23,28). The van der Waals surface area contributed by atoms with Crippen molar-refractivity contribution in [3.05, 3.63) is 48.5 Å². The smallest absolute Gasteiger partial charge is 0.317 e. The quantitative estimate of drug-likeness (QED) is 0.889. The zero-order valence-electron chi connectivity index (χ0n) is 16.1. The first-order chi connectivity index (χ1) is 13.7. The maximum atomic E-state index is 13.0. The van der Waals surface area contributed by atoms with Gasteiger partial charge in [-0.2, -0.15) is 0 Å². The van der Waals surface area contributed by atoms with Crippen molar-refractivity contribution < 1.29 is 9.59 Å². The molecule has 2 aromatic rings. The van der Waals surface area contributed by atoms with Crippen molar-refractivity contribution >= 4 is 11.9 Å². The van der Waals surface area contributed by atoms with Crippen LogP contribution in [0.15, 0.2) is 42.9 Å². The predicted octanol–water partition coefficient (Wildman–Crippen LogP) is 2.67. The Labute approximate surface area is 165 Å². The summed E-state index contributed by atoms with van der Waals surface area (Å²) in [7, 11) is 0. The van der Waals surface area contributed by atoms with Gasteiger partial charge in [0, 0.05) is 37.9 Å². The van der Waals surface area contributed by atoms with Crippen molar-refractivity contribution in [2.75, 3.05) is 26.2 Å². The number of amides is 3. The van der Waals surface area contributed by atoms with Gasteiger partial charge in [-0.15, -0.1) is 0 Å². The van der Waals surface area contributed by atoms with Crippen molar-refractivity contribution in [3.63, 3.8) is 0 Å². The number of aromatic nitrogens is 2. The van der Waals surface area contributed by atoms with Crippen molar-refractivity contribution in [1.29, 1.82) is 0 Å². The molecule has 2 fully saturated rings. The van der Waals surface area contributed by atoms with Crippen LogP contribution in [0, 0.1) is 0 Å². The maximum absolute atomic E-state index is 13.0.